The largest absolute Gasteiger partial charge is 0.392 e. The van der Waals surface area contributed by atoms with E-state index >= 15 is 0 Å². The topological polar surface area (TPSA) is 45.1 Å². The van der Waals surface area contributed by atoms with Crippen molar-refractivity contribution in [1.29, 1.82) is 0 Å². The van der Waals surface area contributed by atoms with E-state index in [1.165, 1.54) is 0 Å². The van der Waals surface area contributed by atoms with Crippen LogP contribution < -0.4 is 5.32 Å². The van der Waals surface area contributed by atoms with E-state index in [0.717, 1.165) is 16.9 Å². The molecule has 1 aromatic heterocycles. The minimum atomic E-state index is -0.390. The van der Waals surface area contributed by atoms with Gasteiger partial charge in [-0.15, -0.1) is 0 Å². The molecular formula is C14H15ClN2O. The van der Waals surface area contributed by atoms with Gasteiger partial charge in [0.05, 0.1) is 16.8 Å². The van der Waals surface area contributed by atoms with Crippen LogP contribution in [0.25, 0.3) is 11.3 Å². The molecule has 0 spiro atoms. The molecule has 2 N–H and O–H groups in total. The van der Waals surface area contributed by atoms with Crippen molar-refractivity contribution in [2.75, 3.05) is 11.9 Å². The minimum absolute atomic E-state index is 0.390. The number of hydrogen-bond acceptors (Lipinski definition) is 3. The predicted molar refractivity (Wildman–Crippen MR) is 74.9 cm³/mol. The molecule has 1 heterocycles. The second-order valence-corrected chi connectivity index (χ2v) is 4.55. The van der Waals surface area contributed by atoms with E-state index in [-0.39, 0.29) is 6.10 Å². The van der Waals surface area contributed by atoms with E-state index in [2.05, 4.69) is 10.3 Å². The van der Waals surface area contributed by atoms with Crippen LogP contribution in [0, 0.1) is 0 Å². The van der Waals surface area contributed by atoms with Gasteiger partial charge in [0.25, 0.3) is 0 Å². The molecule has 0 radical (unpaired) electrons. The van der Waals surface area contributed by atoms with Crippen molar-refractivity contribution in [3.8, 4) is 11.3 Å². The van der Waals surface area contributed by atoms with Gasteiger partial charge >= 0.3 is 0 Å². The zero-order valence-electron chi connectivity index (χ0n) is 10.1. The molecule has 0 aliphatic heterocycles. The first-order chi connectivity index (χ1) is 8.66. The van der Waals surface area contributed by atoms with E-state index in [1.807, 2.05) is 36.4 Å². The Morgan fingerprint density at radius 2 is 2.17 bits per heavy atom. The number of aliphatic hydroxyl groups excluding tert-OH is 1. The van der Waals surface area contributed by atoms with E-state index in [4.69, 9.17) is 11.6 Å². The van der Waals surface area contributed by atoms with Gasteiger partial charge < -0.3 is 10.4 Å². The molecule has 18 heavy (non-hydrogen) atoms. The lowest BCUT2D eigenvalue weighted by molar-refractivity contribution is 0.208. The van der Waals surface area contributed by atoms with E-state index in [1.54, 1.807) is 13.1 Å². The zero-order valence-corrected chi connectivity index (χ0v) is 10.9. The molecule has 1 aromatic carbocycles. The van der Waals surface area contributed by atoms with Gasteiger partial charge in [-0.2, -0.15) is 0 Å². The van der Waals surface area contributed by atoms with Crippen molar-refractivity contribution in [3.05, 3.63) is 47.6 Å². The molecule has 0 saturated heterocycles. The van der Waals surface area contributed by atoms with E-state index in [9.17, 15) is 5.11 Å². The van der Waals surface area contributed by atoms with Crippen LogP contribution in [0.1, 0.15) is 6.92 Å². The summed E-state index contributed by atoms with van der Waals surface area (Å²) in [5, 5.41) is 13.0. The fourth-order valence-corrected chi connectivity index (χ4v) is 1.90. The van der Waals surface area contributed by atoms with Crippen LogP contribution in [-0.4, -0.2) is 22.7 Å². The number of rotatable bonds is 4. The van der Waals surface area contributed by atoms with Gasteiger partial charge in [0.2, 0.25) is 0 Å². The summed E-state index contributed by atoms with van der Waals surface area (Å²) in [5.74, 6) is 0. The molecule has 0 unspecified atom stereocenters. The SMILES string of the molecule is C[C@H](O)CNc1ccc(-c2ccccn2)c(Cl)c1. The smallest absolute Gasteiger partial charge is 0.0716 e. The van der Waals surface area contributed by atoms with Crippen molar-refractivity contribution in [2.45, 2.75) is 13.0 Å². The molecule has 0 aliphatic rings. The molecular weight excluding hydrogens is 248 g/mol. The Hall–Kier alpha value is -1.58. The Labute approximate surface area is 111 Å². The summed E-state index contributed by atoms with van der Waals surface area (Å²) in [5.41, 5.74) is 2.64. The quantitative estimate of drug-likeness (QED) is 0.889. The summed E-state index contributed by atoms with van der Waals surface area (Å²) in [6.07, 6.45) is 1.35. The van der Waals surface area contributed by atoms with Gasteiger partial charge in [0.1, 0.15) is 0 Å². The van der Waals surface area contributed by atoms with Gasteiger partial charge in [-0.3, -0.25) is 4.98 Å². The number of hydrogen-bond donors (Lipinski definition) is 2. The minimum Gasteiger partial charge on any atom is -0.392 e. The lowest BCUT2D eigenvalue weighted by Crippen LogP contribution is -2.15. The van der Waals surface area contributed by atoms with E-state index in [0.29, 0.717) is 11.6 Å². The maximum absolute atomic E-state index is 9.21. The molecule has 0 aliphatic carbocycles. The Balaban J connectivity index is 2.20. The molecule has 2 aromatic rings. The fraction of sp³-hybridized carbons (Fsp3) is 0.214. The van der Waals surface area contributed by atoms with Crippen LogP contribution in [0.4, 0.5) is 5.69 Å². The molecule has 3 nitrogen and oxygen atoms in total. The standard InChI is InChI=1S/C14H15ClN2O/c1-10(18)9-17-11-5-6-12(13(15)8-11)14-4-2-3-7-16-14/h2-8,10,17-18H,9H2,1H3/t10-/m0/s1. The summed E-state index contributed by atoms with van der Waals surface area (Å²) < 4.78 is 0. The molecule has 0 saturated carbocycles. The van der Waals surface area contributed by atoms with Gasteiger partial charge in [0.15, 0.2) is 0 Å². The highest BCUT2D eigenvalue weighted by molar-refractivity contribution is 6.33. The number of nitrogens with zero attached hydrogens (tertiary/aromatic N) is 1. The van der Waals surface area contributed by atoms with Crippen molar-refractivity contribution < 1.29 is 5.11 Å². The highest BCUT2D eigenvalue weighted by Crippen LogP contribution is 2.28. The van der Waals surface area contributed by atoms with Gasteiger partial charge in [-0.25, -0.2) is 0 Å². The second-order valence-electron chi connectivity index (χ2n) is 4.14. The molecule has 0 fully saturated rings. The van der Waals surface area contributed by atoms with Crippen LogP contribution in [-0.2, 0) is 0 Å². The summed E-state index contributed by atoms with van der Waals surface area (Å²) in [6.45, 7) is 2.23. The van der Waals surface area contributed by atoms with Crippen LogP contribution in [0.5, 0.6) is 0 Å². The fourth-order valence-electron chi connectivity index (χ4n) is 1.62. The van der Waals surface area contributed by atoms with Gasteiger partial charge in [-0.1, -0.05) is 17.7 Å². The number of aromatic nitrogens is 1. The van der Waals surface area contributed by atoms with Crippen molar-refractivity contribution in [3.63, 3.8) is 0 Å². The van der Waals surface area contributed by atoms with Crippen molar-refractivity contribution in [1.82, 2.24) is 4.98 Å². The van der Waals surface area contributed by atoms with Crippen LogP contribution >= 0.6 is 11.6 Å². The van der Waals surface area contributed by atoms with Crippen LogP contribution in [0.2, 0.25) is 5.02 Å². The maximum Gasteiger partial charge on any atom is 0.0716 e. The third-order valence-electron chi connectivity index (χ3n) is 2.51. The number of benzene rings is 1. The van der Waals surface area contributed by atoms with Gasteiger partial charge in [0, 0.05) is 24.0 Å². The average Bonchev–Trinajstić information content (AvgIpc) is 2.37. The monoisotopic (exact) mass is 262 g/mol. The Kier molecular flexibility index (Phi) is 4.18. The number of aliphatic hydroxyl groups is 1. The summed E-state index contributed by atoms with van der Waals surface area (Å²) in [4.78, 5) is 4.27. The third kappa shape index (κ3) is 3.22. The summed E-state index contributed by atoms with van der Waals surface area (Å²) in [7, 11) is 0. The molecule has 4 heteroatoms. The number of pyridine rings is 1. The zero-order chi connectivity index (χ0) is 13.0. The highest BCUT2D eigenvalue weighted by Gasteiger charge is 2.05. The molecule has 94 valence electrons. The number of nitrogens with one attached hydrogen (secondary N) is 1. The average molecular weight is 263 g/mol. The second kappa shape index (κ2) is 5.85. The Bertz CT molecular complexity index is 514. The van der Waals surface area contributed by atoms with Crippen LogP contribution in [0.15, 0.2) is 42.6 Å². The number of halogens is 1. The Morgan fingerprint density at radius 1 is 1.33 bits per heavy atom. The van der Waals surface area contributed by atoms with Gasteiger partial charge in [-0.05, 0) is 37.3 Å². The highest BCUT2D eigenvalue weighted by atomic mass is 35.5. The first kappa shape index (κ1) is 12.9. The Morgan fingerprint density at radius 3 is 2.78 bits per heavy atom. The third-order valence-corrected chi connectivity index (χ3v) is 2.82. The lowest BCUT2D eigenvalue weighted by atomic mass is 10.1. The van der Waals surface area contributed by atoms with Crippen molar-refractivity contribution in [2.24, 2.45) is 0 Å². The molecule has 2 rings (SSSR count). The summed E-state index contributed by atoms with van der Waals surface area (Å²) >= 11 is 6.24. The first-order valence-corrected chi connectivity index (χ1v) is 6.17. The van der Waals surface area contributed by atoms with Crippen LogP contribution in [0.3, 0.4) is 0 Å². The maximum atomic E-state index is 9.21. The normalized spacial score (nSPS) is 12.2. The first-order valence-electron chi connectivity index (χ1n) is 5.79. The van der Waals surface area contributed by atoms with Crippen molar-refractivity contribution >= 4 is 17.3 Å². The molecule has 0 bridgehead atoms. The molecule has 1 atom stereocenters. The number of anilines is 1. The predicted octanol–water partition coefficient (Wildman–Crippen LogP) is 3.19. The lowest BCUT2D eigenvalue weighted by Gasteiger charge is -2.10. The molecule has 0 amide bonds. The summed E-state index contributed by atoms with van der Waals surface area (Å²) in [6, 6.07) is 11.4. The van der Waals surface area contributed by atoms with E-state index < -0.39 is 0 Å².